The lowest BCUT2D eigenvalue weighted by molar-refractivity contribution is 0.0432. The summed E-state index contributed by atoms with van der Waals surface area (Å²) in [5.41, 5.74) is 15.7. The number of phenolic OH excluding ortho intramolecular Hbond substituents is 2. The maximum Gasteiger partial charge on any atom is 0.115 e. The Hall–Kier alpha value is -4.24. The molecule has 2 aromatic carbocycles. The van der Waals surface area contributed by atoms with Crippen LogP contribution in [-0.4, -0.2) is 10.2 Å². The van der Waals surface area contributed by atoms with Crippen molar-refractivity contribution in [3.8, 4) is 48.5 Å². The van der Waals surface area contributed by atoms with Crippen molar-refractivity contribution >= 4 is 0 Å². The van der Waals surface area contributed by atoms with Crippen LogP contribution in [0.2, 0.25) is 0 Å². The first kappa shape index (κ1) is 57.3. The Morgan fingerprint density at radius 1 is 0.551 bits per heavy atom. The number of terminal acetylenes is 3. The third kappa shape index (κ3) is 12.1. The molecule has 0 aromatic heterocycles. The number of hydrogen-bond donors (Lipinski definition) is 2. The first-order valence-corrected chi connectivity index (χ1v) is 26.6. The normalized spacial score (nSPS) is 35.6. The van der Waals surface area contributed by atoms with E-state index in [1.165, 1.54) is 155 Å². The monoisotopic (exact) mass is 933 g/mol. The predicted octanol–water partition coefficient (Wildman–Crippen LogP) is 18.0. The molecule has 14 atom stereocenters. The molecule has 7 fully saturated rings. The Morgan fingerprint density at radius 3 is 1.51 bits per heavy atom. The molecule has 9 aliphatic carbocycles. The second kappa shape index (κ2) is 25.2. The molecule has 0 heterocycles. The van der Waals surface area contributed by atoms with E-state index < -0.39 is 0 Å². The molecule has 0 spiro atoms. The number of aryl methyl sites for hydroxylation is 2. The van der Waals surface area contributed by atoms with Crippen LogP contribution in [0.1, 0.15) is 213 Å². The van der Waals surface area contributed by atoms with Crippen LogP contribution in [0.25, 0.3) is 0 Å². The van der Waals surface area contributed by atoms with Gasteiger partial charge in [-0.1, -0.05) is 95.0 Å². The lowest BCUT2D eigenvalue weighted by atomic mass is 9.54. The maximum atomic E-state index is 9.72. The maximum absolute atomic E-state index is 9.72. The number of phenols is 2. The number of fused-ring (bicyclic) bond motifs is 10. The van der Waals surface area contributed by atoms with Crippen LogP contribution in [0.3, 0.4) is 0 Å². The van der Waals surface area contributed by atoms with Crippen molar-refractivity contribution in [2.45, 2.75) is 204 Å². The molecule has 0 aliphatic heterocycles. The summed E-state index contributed by atoms with van der Waals surface area (Å²) in [4.78, 5) is 0. The van der Waals surface area contributed by atoms with E-state index in [0.29, 0.717) is 51.9 Å². The van der Waals surface area contributed by atoms with Gasteiger partial charge in [-0.25, -0.2) is 0 Å². The summed E-state index contributed by atoms with van der Waals surface area (Å²) in [7, 11) is 0. The lowest BCUT2D eigenvalue weighted by Crippen LogP contribution is -2.42. The van der Waals surface area contributed by atoms with E-state index in [1.807, 2.05) is 24.3 Å². The van der Waals surface area contributed by atoms with Gasteiger partial charge in [0.15, 0.2) is 0 Å². The van der Waals surface area contributed by atoms with Crippen molar-refractivity contribution < 1.29 is 10.2 Å². The van der Waals surface area contributed by atoms with Gasteiger partial charge in [0.05, 0.1) is 0 Å². The lowest BCUT2D eigenvalue weighted by Gasteiger charge is -2.50. The molecule has 2 aromatic rings. The highest BCUT2D eigenvalue weighted by Crippen LogP contribution is 2.64. The first-order valence-electron chi connectivity index (χ1n) is 26.6. The minimum atomic E-state index is 0. The second-order valence-electron chi connectivity index (χ2n) is 22.9. The molecule has 0 amide bonds. The van der Waals surface area contributed by atoms with Crippen LogP contribution in [-0.2, 0) is 12.8 Å². The number of rotatable bonds is 0. The van der Waals surface area contributed by atoms with Crippen LogP contribution in [0.5, 0.6) is 11.5 Å². The molecule has 2 N–H and O–H groups in total. The van der Waals surface area contributed by atoms with Crippen LogP contribution < -0.4 is 0 Å². The predicted molar refractivity (Wildman–Crippen MR) is 297 cm³/mol. The molecular weight excluding hydrogens is 837 g/mol. The third-order valence-electron chi connectivity index (χ3n) is 19.7. The average molecular weight is 934 g/mol. The minimum Gasteiger partial charge on any atom is -0.508 e. The summed E-state index contributed by atoms with van der Waals surface area (Å²) in [6.07, 6.45) is 43.2. The van der Waals surface area contributed by atoms with Crippen molar-refractivity contribution in [3.05, 3.63) is 94.4 Å². The number of allylic oxidation sites excluding steroid dienone is 2. The number of aromatic hydroxyl groups is 2. The van der Waals surface area contributed by atoms with Crippen molar-refractivity contribution in [3.63, 3.8) is 0 Å². The molecule has 0 saturated heterocycles. The van der Waals surface area contributed by atoms with E-state index in [9.17, 15) is 10.2 Å². The van der Waals surface area contributed by atoms with E-state index in [1.54, 1.807) is 0 Å². The van der Waals surface area contributed by atoms with Crippen LogP contribution in [0.4, 0.5) is 0 Å². The molecule has 69 heavy (non-hydrogen) atoms. The van der Waals surface area contributed by atoms with Crippen molar-refractivity contribution in [1.29, 1.82) is 0 Å². The van der Waals surface area contributed by atoms with Crippen LogP contribution in [0, 0.1) is 107 Å². The molecule has 0 bridgehead atoms. The van der Waals surface area contributed by atoms with Gasteiger partial charge in [0, 0.05) is 17.8 Å². The quantitative estimate of drug-likeness (QED) is 0.204. The zero-order chi connectivity index (χ0) is 47.2. The van der Waals surface area contributed by atoms with Gasteiger partial charge in [-0.05, 0) is 244 Å². The smallest absolute Gasteiger partial charge is 0.115 e. The molecular formula is C67H96O2. The van der Waals surface area contributed by atoms with E-state index >= 15 is 0 Å². The van der Waals surface area contributed by atoms with Gasteiger partial charge >= 0.3 is 0 Å². The zero-order valence-corrected chi connectivity index (χ0v) is 41.8. The van der Waals surface area contributed by atoms with Crippen LogP contribution >= 0.6 is 0 Å². The molecule has 376 valence electrons. The first-order chi connectivity index (χ1) is 31.8. The topological polar surface area (TPSA) is 40.5 Å². The highest BCUT2D eigenvalue weighted by atomic mass is 16.3. The summed E-state index contributed by atoms with van der Waals surface area (Å²) in [6.45, 7) is 19.2. The molecule has 9 aliphatic rings. The van der Waals surface area contributed by atoms with Gasteiger partial charge < -0.3 is 10.2 Å². The van der Waals surface area contributed by atoms with E-state index in [4.69, 9.17) is 19.3 Å². The molecule has 2 nitrogen and oxygen atoms in total. The Kier molecular flexibility index (Phi) is 21.0. The van der Waals surface area contributed by atoms with Gasteiger partial charge in [0.1, 0.15) is 11.5 Å². The van der Waals surface area contributed by atoms with E-state index in [-0.39, 0.29) is 22.3 Å². The molecule has 2 heteroatoms. The highest BCUT2D eigenvalue weighted by Gasteiger charge is 2.55. The molecule has 0 radical (unpaired) electrons. The van der Waals surface area contributed by atoms with Crippen molar-refractivity contribution in [2.75, 3.05) is 0 Å². The van der Waals surface area contributed by atoms with Crippen molar-refractivity contribution in [1.82, 2.24) is 0 Å². The van der Waals surface area contributed by atoms with Crippen LogP contribution in [0.15, 0.2) is 72.2 Å². The average Bonchev–Trinajstić information content (AvgIpc) is 4.17. The molecule has 6 unspecified atom stereocenters. The van der Waals surface area contributed by atoms with E-state index in [0.717, 1.165) is 54.3 Å². The summed E-state index contributed by atoms with van der Waals surface area (Å²) in [6, 6.07) is 12.1. The Labute approximate surface area is 424 Å². The highest BCUT2D eigenvalue weighted by molar-refractivity contribution is 5.42. The standard InChI is InChI=1S/2C20H24O.3C8H12.3CH4/c2*1-3-14-5-9-19-18-7-4-13-12-15(21)6-8-16(13)17(18)10-11-20(14,19)2;3*1-3-8-6-4-5-7(8)2;;;/h6,8,12,17-19,21H,1,4-5,7,9-11H2,2H3;1,6,8,12,14,17-19,21H,4-5,7,9-11H2,2H3;7H,1,4-6H2,2H3;2*1,7-8H,4-6H2,2H3;3*1H4/t17?,18?,19?,20-;14-,17?,18?,19?,20+;7-;2*7-,8+;;;/m10111.../s1. The Balaban J connectivity index is 0.000000201. The van der Waals surface area contributed by atoms with Gasteiger partial charge in [-0.2, -0.15) is 0 Å². The summed E-state index contributed by atoms with van der Waals surface area (Å²) < 4.78 is 0. The summed E-state index contributed by atoms with van der Waals surface area (Å²) >= 11 is 0. The minimum absolute atomic E-state index is 0. The largest absolute Gasteiger partial charge is 0.508 e. The SMILES string of the molecule is C.C.C.C#C[C@H]1CCC2C3CCc4cc(O)ccc4C3CC[C@@]21C.C#C[C@H]1CCC[C@H]1C.C#C[C@H]1CCC[C@H]1C.C=C=C1CCC2C3CCc4cc(O)ccc4C3CC[C@]12C.C=C=C1CCC[C@H]1C. The van der Waals surface area contributed by atoms with Gasteiger partial charge in [-0.3, -0.25) is 0 Å². The van der Waals surface area contributed by atoms with Gasteiger partial charge in [0.25, 0.3) is 0 Å². The Morgan fingerprint density at radius 2 is 1.09 bits per heavy atom. The second-order valence-corrected chi connectivity index (χ2v) is 22.9. The molecule has 7 saturated carbocycles. The molecule has 11 rings (SSSR count). The van der Waals surface area contributed by atoms with Gasteiger partial charge in [0.2, 0.25) is 0 Å². The summed E-state index contributed by atoms with van der Waals surface area (Å²) in [5.74, 6) is 18.2. The number of hydrogen-bond acceptors (Lipinski definition) is 2. The van der Waals surface area contributed by atoms with E-state index in [2.05, 4.69) is 89.1 Å². The Bertz CT molecular complexity index is 2210. The number of benzene rings is 2. The van der Waals surface area contributed by atoms with Gasteiger partial charge in [-0.15, -0.1) is 48.5 Å². The fourth-order valence-corrected chi connectivity index (χ4v) is 15.6. The fraction of sp³-hybridized carbons (Fsp3) is 0.642. The zero-order valence-electron chi connectivity index (χ0n) is 41.8. The summed E-state index contributed by atoms with van der Waals surface area (Å²) in [5, 5.41) is 19.4. The third-order valence-corrected chi connectivity index (χ3v) is 19.7. The fourth-order valence-electron chi connectivity index (χ4n) is 15.6. The van der Waals surface area contributed by atoms with Crippen molar-refractivity contribution in [2.24, 2.45) is 70.0 Å².